The molecule has 0 saturated heterocycles. The van der Waals surface area contributed by atoms with Crippen molar-refractivity contribution in [2.45, 2.75) is 31.8 Å². The zero-order valence-electron chi connectivity index (χ0n) is 11.6. The molecule has 0 heterocycles. The quantitative estimate of drug-likeness (QED) is 0.854. The second kappa shape index (κ2) is 6.17. The molecule has 1 N–H and O–H groups in total. The van der Waals surface area contributed by atoms with Gasteiger partial charge in [-0.05, 0) is 23.3 Å². The zero-order chi connectivity index (χ0) is 14.8. The van der Waals surface area contributed by atoms with Gasteiger partial charge in [-0.25, -0.2) is 0 Å². The van der Waals surface area contributed by atoms with Gasteiger partial charge in [-0.2, -0.15) is 0 Å². The van der Waals surface area contributed by atoms with Gasteiger partial charge in [0.1, 0.15) is 0 Å². The average molecular weight is 309 g/mol. The molecule has 0 radical (unpaired) electrons. The highest BCUT2D eigenvalue weighted by molar-refractivity contribution is 6.35. The van der Waals surface area contributed by atoms with Crippen molar-refractivity contribution in [1.82, 2.24) is 0 Å². The van der Waals surface area contributed by atoms with Crippen LogP contribution >= 0.6 is 23.2 Å². The van der Waals surface area contributed by atoms with Crippen molar-refractivity contribution in [3.05, 3.63) is 69.7 Å². The summed E-state index contributed by atoms with van der Waals surface area (Å²) in [5, 5.41) is 11.8. The molecular formula is C17H18Cl2O. The molecule has 3 heteroatoms. The van der Waals surface area contributed by atoms with E-state index in [9.17, 15) is 5.11 Å². The van der Waals surface area contributed by atoms with Gasteiger partial charge >= 0.3 is 0 Å². The van der Waals surface area contributed by atoms with Crippen molar-refractivity contribution in [3.8, 4) is 0 Å². The predicted molar refractivity (Wildman–Crippen MR) is 85.6 cm³/mol. The highest BCUT2D eigenvalue weighted by atomic mass is 35.5. The highest BCUT2D eigenvalue weighted by Gasteiger charge is 2.30. The van der Waals surface area contributed by atoms with Gasteiger partial charge in [0.05, 0.1) is 6.10 Å². The molecule has 2 aromatic carbocycles. The summed E-state index contributed by atoms with van der Waals surface area (Å²) >= 11 is 12.1. The topological polar surface area (TPSA) is 20.2 Å². The molecule has 2 aromatic rings. The molecule has 1 atom stereocenters. The van der Waals surface area contributed by atoms with E-state index >= 15 is 0 Å². The fourth-order valence-electron chi connectivity index (χ4n) is 2.21. The summed E-state index contributed by atoms with van der Waals surface area (Å²) < 4.78 is 0. The van der Waals surface area contributed by atoms with Crippen LogP contribution in [0.3, 0.4) is 0 Å². The Labute approximate surface area is 130 Å². The number of hydrogen-bond donors (Lipinski definition) is 1. The Morgan fingerprint density at radius 2 is 1.70 bits per heavy atom. The summed E-state index contributed by atoms with van der Waals surface area (Å²) in [7, 11) is 0. The summed E-state index contributed by atoms with van der Waals surface area (Å²) in [5.41, 5.74) is 1.68. The largest absolute Gasteiger partial charge is 0.392 e. The lowest BCUT2D eigenvalue weighted by atomic mass is 9.77. The lowest BCUT2D eigenvalue weighted by Crippen LogP contribution is -2.35. The van der Waals surface area contributed by atoms with E-state index in [1.165, 1.54) is 0 Å². The molecule has 0 fully saturated rings. The Morgan fingerprint density at radius 1 is 1.05 bits per heavy atom. The minimum Gasteiger partial charge on any atom is -0.392 e. The fraction of sp³-hybridized carbons (Fsp3) is 0.294. The molecular weight excluding hydrogens is 291 g/mol. The third-order valence-electron chi connectivity index (χ3n) is 3.78. The maximum absolute atomic E-state index is 10.6. The van der Waals surface area contributed by atoms with E-state index in [4.69, 9.17) is 23.2 Å². The third-order valence-corrected chi connectivity index (χ3v) is 4.37. The number of halogens is 2. The molecule has 20 heavy (non-hydrogen) atoms. The molecule has 2 rings (SSSR count). The molecule has 1 nitrogen and oxygen atoms in total. The molecule has 0 aliphatic rings. The van der Waals surface area contributed by atoms with Gasteiger partial charge in [-0.15, -0.1) is 0 Å². The van der Waals surface area contributed by atoms with Crippen LogP contribution in [0.25, 0.3) is 0 Å². The van der Waals surface area contributed by atoms with Crippen molar-refractivity contribution in [2.75, 3.05) is 0 Å². The first-order chi connectivity index (χ1) is 9.41. The third kappa shape index (κ3) is 3.35. The lowest BCUT2D eigenvalue weighted by Gasteiger charge is -2.31. The number of benzene rings is 2. The van der Waals surface area contributed by atoms with Crippen LogP contribution in [0.4, 0.5) is 0 Å². The van der Waals surface area contributed by atoms with Crippen LogP contribution in [-0.2, 0) is 11.8 Å². The van der Waals surface area contributed by atoms with Gasteiger partial charge in [-0.3, -0.25) is 0 Å². The van der Waals surface area contributed by atoms with E-state index < -0.39 is 6.10 Å². The standard InChI is InChI=1S/C17H18Cl2O/c1-17(2,13-6-4-3-5-7-13)16(20)10-12-8-9-14(18)11-15(12)19/h3-9,11,16,20H,10H2,1-2H3. The first-order valence-corrected chi connectivity index (χ1v) is 7.34. The maximum Gasteiger partial charge on any atom is 0.0672 e. The monoisotopic (exact) mass is 308 g/mol. The van der Waals surface area contributed by atoms with E-state index in [0.717, 1.165) is 11.1 Å². The van der Waals surface area contributed by atoms with E-state index in [2.05, 4.69) is 0 Å². The van der Waals surface area contributed by atoms with Crippen LogP contribution < -0.4 is 0 Å². The highest BCUT2D eigenvalue weighted by Crippen LogP contribution is 2.31. The Bertz CT molecular complexity index is 579. The van der Waals surface area contributed by atoms with Gasteiger partial charge < -0.3 is 5.11 Å². The molecule has 0 aliphatic heterocycles. The second-order valence-corrected chi connectivity index (χ2v) is 6.39. The van der Waals surface area contributed by atoms with Crippen molar-refractivity contribution in [1.29, 1.82) is 0 Å². The maximum atomic E-state index is 10.6. The molecule has 0 spiro atoms. The number of hydrogen-bond acceptors (Lipinski definition) is 1. The second-order valence-electron chi connectivity index (χ2n) is 5.54. The smallest absolute Gasteiger partial charge is 0.0672 e. The number of aliphatic hydroxyl groups is 1. The van der Waals surface area contributed by atoms with Crippen molar-refractivity contribution >= 4 is 23.2 Å². The van der Waals surface area contributed by atoms with Gasteiger partial charge in [-0.1, -0.05) is 73.4 Å². The zero-order valence-corrected chi connectivity index (χ0v) is 13.1. The first-order valence-electron chi connectivity index (χ1n) is 6.59. The van der Waals surface area contributed by atoms with Gasteiger partial charge in [0.15, 0.2) is 0 Å². The first kappa shape index (κ1) is 15.4. The van der Waals surface area contributed by atoms with E-state index in [-0.39, 0.29) is 5.41 Å². The normalized spacial score (nSPS) is 13.2. The Kier molecular flexibility index (Phi) is 4.74. The molecule has 1 unspecified atom stereocenters. The van der Waals surface area contributed by atoms with Gasteiger partial charge in [0.2, 0.25) is 0 Å². The summed E-state index contributed by atoms with van der Waals surface area (Å²) in [6, 6.07) is 15.4. The average Bonchev–Trinajstić information content (AvgIpc) is 2.42. The number of rotatable bonds is 4. The molecule has 0 aromatic heterocycles. The van der Waals surface area contributed by atoms with E-state index in [1.807, 2.05) is 50.2 Å². The Balaban J connectivity index is 2.21. The predicted octanol–water partition coefficient (Wildman–Crippen LogP) is 4.87. The van der Waals surface area contributed by atoms with Crippen molar-refractivity contribution in [2.24, 2.45) is 0 Å². The summed E-state index contributed by atoms with van der Waals surface area (Å²) in [6.45, 7) is 4.08. The molecule has 106 valence electrons. The Hall–Kier alpha value is -1.02. The fourth-order valence-corrected chi connectivity index (χ4v) is 2.70. The summed E-state index contributed by atoms with van der Waals surface area (Å²) in [6.07, 6.45) is -0.0266. The van der Waals surface area contributed by atoms with Crippen LogP contribution in [0.2, 0.25) is 10.0 Å². The van der Waals surface area contributed by atoms with Gasteiger partial charge in [0, 0.05) is 21.9 Å². The van der Waals surface area contributed by atoms with E-state index in [1.54, 1.807) is 12.1 Å². The molecule has 0 amide bonds. The minimum absolute atomic E-state index is 0.343. The molecule has 0 saturated carbocycles. The van der Waals surface area contributed by atoms with E-state index in [0.29, 0.717) is 16.5 Å². The number of aliphatic hydroxyl groups excluding tert-OH is 1. The minimum atomic E-state index is -0.524. The molecule has 0 aliphatic carbocycles. The summed E-state index contributed by atoms with van der Waals surface area (Å²) in [5.74, 6) is 0. The Morgan fingerprint density at radius 3 is 2.30 bits per heavy atom. The van der Waals surface area contributed by atoms with Crippen LogP contribution in [0.5, 0.6) is 0 Å². The summed E-state index contributed by atoms with van der Waals surface area (Å²) in [4.78, 5) is 0. The van der Waals surface area contributed by atoms with Crippen molar-refractivity contribution in [3.63, 3.8) is 0 Å². The lowest BCUT2D eigenvalue weighted by molar-refractivity contribution is 0.1000. The van der Waals surface area contributed by atoms with Crippen LogP contribution in [0.15, 0.2) is 48.5 Å². The SMILES string of the molecule is CC(C)(c1ccccc1)C(O)Cc1ccc(Cl)cc1Cl. The van der Waals surface area contributed by atoms with Crippen LogP contribution in [0.1, 0.15) is 25.0 Å². The van der Waals surface area contributed by atoms with Gasteiger partial charge in [0.25, 0.3) is 0 Å². The van der Waals surface area contributed by atoms with Crippen LogP contribution in [0, 0.1) is 0 Å². The van der Waals surface area contributed by atoms with Crippen molar-refractivity contribution < 1.29 is 5.11 Å². The molecule has 0 bridgehead atoms. The van der Waals surface area contributed by atoms with Crippen LogP contribution in [-0.4, -0.2) is 11.2 Å².